The van der Waals surface area contributed by atoms with Gasteiger partial charge in [0.25, 0.3) is 5.56 Å². The number of rotatable bonds is 13. The van der Waals surface area contributed by atoms with Crippen LogP contribution < -0.4 is 5.56 Å². The Balaban J connectivity index is 1.84. The molecule has 3 aromatic carbocycles. The second kappa shape index (κ2) is 15.5. The standard InChI is InChI=1S/C37H40F4N4O2S/c1-4-43(5-2)18-19-44(22-26-6-10-28(11-7-26)29-12-14-30(15-13-29)37(39,40)41)34(46)23-45-33-21-25(3)20-32(33)35(47)42-36(45)48-24-27-8-16-31(38)17-9-27/h6-17,25H,4-5,18-24H2,1-3H3/i6D,7D,8D,9D,10D,11D,12D,13D,14D,15D,16D,17D,18D2,19D2,20D2,21D2,24D2,25D. The summed E-state index contributed by atoms with van der Waals surface area (Å²) < 4.78 is 255. The highest BCUT2D eigenvalue weighted by molar-refractivity contribution is 7.98. The van der Waals surface area contributed by atoms with Crippen molar-refractivity contribution in [2.75, 3.05) is 26.1 Å². The molecule has 0 aliphatic heterocycles. The van der Waals surface area contributed by atoms with E-state index in [9.17, 15) is 25.1 Å². The summed E-state index contributed by atoms with van der Waals surface area (Å²) in [6.45, 7) is -7.23. The van der Waals surface area contributed by atoms with Crippen molar-refractivity contribution in [1.82, 2.24) is 19.4 Å². The molecular weight excluding hydrogens is 640 g/mol. The second-order valence-corrected chi connectivity index (χ2v) is 10.5. The topological polar surface area (TPSA) is 58.4 Å². The highest BCUT2D eigenvalue weighted by atomic mass is 32.2. The molecule has 0 saturated heterocycles. The Morgan fingerprint density at radius 1 is 1.00 bits per heavy atom. The molecule has 0 N–H and O–H groups in total. The van der Waals surface area contributed by atoms with Gasteiger partial charge in [0.05, 0.1) is 24.8 Å². The van der Waals surface area contributed by atoms with E-state index < -0.39 is 191 Å². The van der Waals surface area contributed by atoms with Crippen molar-refractivity contribution >= 4 is 17.7 Å². The number of halogens is 4. The van der Waals surface area contributed by atoms with E-state index in [2.05, 4.69) is 4.98 Å². The average molecular weight is 704 g/mol. The van der Waals surface area contributed by atoms with Crippen molar-refractivity contribution in [2.45, 2.75) is 63.6 Å². The lowest BCUT2D eigenvalue weighted by Crippen LogP contribution is -2.40. The number of hydrogen-bond acceptors (Lipinski definition) is 5. The fourth-order valence-corrected chi connectivity index (χ4v) is 4.74. The summed E-state index contributed by atoms with van der Waals surface area (Å²) in [6.07, 6.45) is -12.1. The van der Waals surface area contributed by atoms with Crippen molar-refractivity contribution in [1.29, 1.82) is 0 Å². The van der Waals surface area contributed by atoms with Crippen LogP contribution in [0, 0.1) is 11.7 Å². The molecule has 48 heavy (non-hydrogen) atoms. The first-order valence-electron chi connectivity index (χ1n) is 25.5. The average Bonchev–Trinajstić information content (AvgIpc) is 3.35. The molecule has 1 aromatic heterocycles. The SMILES string of the molecule is [2H]c1c([2H])c(C([2H])([2H])Sc2nc(=O)c3c(n2CC(=O)N(Cc2c([2H])c([2H])c(-c4c([2H])c([2H])c(C(F)(F)F)c([2H])c4[2H])c([2H])c2[2H])C([2H])([2H])C([2H])([2H])N(CC)CC)C([2H])([2H])C([2H])(C)C3([2H])[2H])c([2H])c([2H])c1F. The minimum absolute atomic E-state index is 0.0156. The van der Waals surface area contributed by atoms with E-state index in [0.29, 0.717) is 4.57 Å². The number of fused-ring (bicyclic) bond motifs is 1. The Kier molecular flexibility index (Phi) is 5.22. The Hall–Kier alpha value is -3.96. The molecule has 5 rings (SSSR count). The van der Waals surface area contributed by atoms with E-state index in [0.717, 1.165) is 11.8 Å². The van der Waals surface area contributed by atoms with E-state index in [1.807, 2.05) is 0 Å². The van der Waals surface area contributed by atoms with E-state index >= 15 is 4.79 Å². The quantitative estimate of drug-likeness (QED) is 0.0822. The first-order valence-corrected chi connectivity index (χ1v) is 14.8. The Bertz CT molecular complexity index is 2860. The molecule has 1 unspecified atom stereocenters. The lowest BCUT2D eigenvalue weighted by molar-refractivity contribution is -0.137. The largest absolute Gasteiger partial charge is 0.416 e. The zero-order valence-corrected chi connectivity index (χ0v) is 26.2. The van der Waals surface area contributed by atoms with Gasteiger partial charge < -0.3 is 14.4 Å². The van der Waals surface area contributed by atoms with Gasteiger partial charge in [-0.3, -0.25) is 9.59 Å². The molecule has 1 atom stereocenters. The first-order chi connectivity index (χ1) is 32.1. The fraction of sp³-hybridized carbons (Fsp3) is 0.378. The summed E-state index contributed by atoms with van der Waals surface area (Å²) >= 11 is -0.314. The molecule has 254 valence electrons. The number of amides is 1. The molecule has 0 spiro atoms. The van der Waals surface area contributed by atoms with Crippen molar-refractivity contribution in [3.8, 4) is 11.1 Å². The zero-order chi connectivity index (χ0) is 54.8. The number of nitrogens with zero attached hydrogens (tertiary/aromatic N) is 4. The molecule has 0 radical (unpaired) electrons. The van der Waals surface area contributed by atoms with Crippen molar-refractivity contribution < 1.29 is 53.9 Å². The molecule has 1 heterocycles. The van der Waals surface area contributed by atoms with Gasteiger partial charge in [-0.05, 0) is 78.2 Å². The van der Waals surface area contributed by atoms with E-state index in [4.69, 9.17) is 28.8 Å². The van der Waals surface area contributed by atoms with Crippen LogP contribution >= 0.6 is 11.8 Å². The summed E-state index contributed by atoms with van der Waals surface area (Å²) in [4.78, 5) is 33.3. The van der Waals surface area contributed by atoms with Gasteiger partial charge in [-0.15, -0.1) is 0 Å². The number of carbonyl (C=O) groups is 1. The highest BCUT2D eigenvalue weighted by Crippen LogP contribution is 2.32. The normalized spacial score (nSPS) is 25.8. The van der Waals surface area contributed by atoms with Gasteiger partial charge in [0.15, 0.2) is 5.16 Å². The summed E-state index contributed by atoms with van der Waals surface area (Å²) in [5.74, 6) is -6.44. The van der Waals surface area contributed by atoms with Gasteiger partial charge in [0.1, 0.15) is 12.4 Å². The molecule has 11 heteroatoms. The van der Waals surface area contributed by atoms with Gasteiger partial charge in [0.2, 0.25) is 5.91 Å². The van der Waals surface area contributed by atoms with Crippen LogP contribution in [0.5, 0.6) is 0 Å². The number of alkyl halides is 3. The zero-order valence-electron chi connectivity index (χ0n) is 48.4. The van der Waals surface area contributed by atoms with Gasteiger partial charge in [0, 0.05) is 48.8 Å². The molecule has 1 amide bonds. The molecule has 6 nitrogen and oxygen atoms in total. The molecule has 4 aromatic rings. The third kappa shape index (κ3) is 8.73. The van der Waals surface area contributed by atoms with Gasteiger partial charge >= 0.3 is 6.18 Å². The second-order valence-electron chi connectivity index (χ2n) is 9.75. The van der Waals surface area contributed by atoms with E-state index in [1.54, 1.807) is 0 Å². The summed E-state index contributed by atoms with van der Waals surface area (Å²) in [5, 5.41) is -1.14. The van der Waals surface area contributed by atoms with Crippen molar-refractivity contribution in [3.63, 3.8) is 0 Å². The van der Waals surface area contributed by atoms with Crippen LogP contribution in [0.25, 0.3) is 11.1 Å². The van der Waals surface area contributed by atoms with Crippen LogP contribution in [-0.4, -0.2) is 51.3 Å². The predicted octanol–water partition coefficient (Wildman–Crippen LogP) is 7.47. The van der Waals surface area contributed by atoms with Gasteiger partial charge in [-0.1, -0.05) is 80.9 Å². The number of hydrogen-bond donors (Lipinski definition) is 0. The summed E-state index contributed by atoms with van der Waals surface area (Å²) in [6, 6.07) is -16.4. The lowest BCUT2D eigenvalue weighted by Gasteiger charge is -2.28. The minimum Gasteiger partial charge on any atom is -0.336 e. The number of thioether (sulfide) groups is 1. The van der Waals surface area contributed by atoms with E-state index in [-0.39, 0.29) is 29.8 Å². The number of likely N-dealkylation sites (N-methyl/N-ethyl adjacent to an activating group) is 1. The molecule has 0 saturated carbocycles. The minimum atomic E-state index is -5.42. The number of benzene rings is 3. The third-order valence-electron chi connectivity index (χ3n) is 6.46. The molecule has 0 fully saturated rings. The number of aromatic nitrogens is 2. The fourth-order valence-electron chi connectivity index (χ4n) is 4.05. The number of carbonyl (C=O) groups excluding carboxylic acids is 1. The smallest absolute Gasteiger partial charge is 0.336 e. The Labute approximate surface area is 315 Å². The van der Waals surface area contributed by atoms with E-state index in [1.165, 1.54) is 13.8 Å². The maximum atomic E-state index is 15.1. The molecular formula is C37H40F4N4O2S. The van der Waals surface area contributed by atoms with Crippen LogP contribution in [0.1, 0.15) is 80.2 Å². The Morgan fingerprint density at radius 2 is 1.60 bits per heavy atom. The van der Waals surface area contributed by atoms with Gasteiger partial charge in [-0.2, -0.15) is 18.2 Å². The van der Waals surface area contributed by atoms with Crippen LogP contribution in [0.2, 0.25) is 0 Å². The molecule has 0 bridgehead atoms. The van der Waals surface area contributed by atoms with Crippen molar-refractivity contribution in [3.05, 3.63) is 117 Å². The molecule has 1 aliphatic carbocycles. The van der Waals surface area contributed by atoms with Crippen LogP contribution in [0.15, 0.2) is 82.5 Å². The molecule has 1 aliphatic rings. The maximum absolute atomic E-state index is 15.1. The highest BCUT2D eigenvalue weighted by Gasteiger charge is 2.30. The maximum Gasteiger partial charge on any atom is 0.416 e. The van der Waals surface area contributed by atoms with Crippen LogP contribution in [0.4, 0.5) is 17.6 Å². The summed E-state index contributed by atoms with van der Waals surface area (Å²) in [5.41, 5.74) is -13.7. The van der Waals surface area contributed by atoms with Crippen molar-refractivity contribution in [2.24, 2.45) is 5.89 Å². The van der Waals surface area contributed by atoms with Gasteiger partial charge in [-0.25, -0.2) is 4.39 Å². The monoisotopic (exact) mass is 703 g/mol. The summed E-state index contributed by atoms with van der Waals surface area (Å²) in [7, 11) is 0. The Morgan fingerprint density at radius 3 is 2.21 bits per heavy atom. The first kappa shape index (κ1) is 16.2. The predicted molar refractivity (Wildman–Crippen MR) is 181 cm³/mol. The lowest BCUT2D eigenvalue weighted by atomic mass is 10.0. The van der Waals surface area contributed by atoms with Crippen LogP contribution in [-0.2, 0) is 42.5 Å². The third-order valence-corrected chi connectivity index (χ3v) is 7.26. The van der Waals surface area contributed by atoms with Crippen LogP contribution in [0.3, 0.4) is 0 Å².